The maximum atomic E-state index is 13.3. The molecule has 1 N–H and O–H groups in total. The summed E-state index contributed by atoms with van der Waals surface area (Å²) in [6.07, 6.45) is 0.597. The average Bonchev–Trinajstić information content (AvgIpc) is 3.03. The van der Waals surface area contributed by atoms with E-state index in [1.54, 1.807) is 25.3 Å². The number of hydrogen-bond acceptors (Lipinski definition) is 7. The first-order valence-electron chi connectivity index (χ1n) is 10.7. The van der Waals surface area contributed by atoms with Crippen LogP contribution >= 0.6 is 0 Å². The van der Waals surface area contributed by atoms with Gasteiger partial charge in [0.15, 0.2) is 11.5 Å². The number of rotatable bonds is 11. The quantitative estimate of drug-likeness (QED) is 0.409. The second-order valence-electron chi connectivity index (χ2n) is 7.74. The van der Waals surface area contributed by atoms with E-state index in [4.69, 9.17) is 18.9 Å². The molecule has 1 aliphatic heterocycles. The third kappa shape index (κ3) is 5.46. The Bertz CT molecular complexity index is 1030. The van der Waals surface area contributed by atoms with Gasteiger partial charge in [0.2, 0.25) is 0 Å². The van der Waals surface area contributed by atoms with Gasteiger partial charge in [0.25, 0.3) is 11.8 Å². The van der Waals surface area contributed by atoms with Crippen molar-refractivity contribution in [2.75, 3.05) is 39.8 Å². The van der Waals surface area contributed by atoms with Crippen LogP contribution in [0.25, 0.3) is 5.57 Å². The zero-order valence-corrected chi connectivity index (χ0v) is 19.6. The third-order valence-electron chi connectivity index (χ3n) is 5.07. The van der Waals surface area contributed by atoms with Gasteiger partial charge in [-0.05, 0) is 62.2 Å². The Morgan fingerprint density at radius 3 is 2.21 bits per heavy atom. The topological polar surface area (TPSA) is 86.3 Å². The van der Waals surface area contributed by atoms with E-state index in [0.717, 1.165) is 5.75 Å². The molecule has 3 rings (SSSR count). The van der Waals surface area contributed by atoms with Crippen LogP contribution < -0.4 is 19.5 Å². The molecule has 1 heterocycles. The molecule has 8 nitrogen and oxygen atoms in total. The fourth-order valence-electron chi connectivity index (χ4n) is 3.55. The highest BCUT2D eigenvalue weighted by atomic mass is 16.5. The van der Waals surface area contributed by atoms with Gasteiger partial charge < -0.3 is 24.3 Å². The largest absolute Gasteiger partial charge is 0.493 e. The molecule has 0 fully saturated rings. The summed E-state index contributed by atoms with van der Waals surface area (Å²) in [4.78, 5) is 27.8. The number of benzene rings is 2. The summed E-state index contributed by atoms with van der Waals surface area (Å²) in [6.45, 7) is 4.61. The molecule has 0 aliphatic carbocycles. The van der Waals surface area contributed by atoms with Gasteiger partial charge in [0.1, 0.15) is 11.4 Å². The normalized spacial score (nSPS) is 13.7. The number of anilines is 1. The molecular formula is C25H30N2O6. The lowest BCUT2D eigenvalue weighted by atomic mass is 10.0. The van der Waals surface area contributed by atoms with Crippen LogP contribution in [0.4, 0.5) is 5.69 Å². The van der Waals surface area contributed by atoms with Crippen molar-refractivity contribution in [2.24, 2.45) is 0 Å². The summed E-state index contributed by atoms with van der Waals surface area (Å²) in [7, 11) is 4.65. The molecule has 2 aromatic carbocycles. The molecule has 2 amide bonds. The summed E-state index contributed by atoms with van der Waals surface area (Å²) in [6, 6.07) is 12.4. The zero-order chi connectivity index (χ0) is 24.0. The molecule has 2 aromatic rings. The molecule has 0 spiro atoms. The zero-order valence-electron chi connectivity index (χ0n) is 19.6. The summed E-state index contributed by atoms with van der Waals surface area (Å²) < 4.78 is 21.5. The second kappa shape index (κ2) is 10.9. The highest BCUT2D eigenvalue weighted by Crippen LogP contribution is 2.36. The van der Waals surface area contributed by atoms with Crippen molar-refractivity contribution in [3.05, 3.63) is 53.7 Å². The van der Waals surface area contributed by atoms with Gasteiger partial charge in [-0.1, -0.05) is 6.07 Å². The minimum atomic E-state index is -0.386. The summed E-state index contributed by atoms with van der Waals surface area (Å²) in [5.74, 6) is 0.967. The summed E-state index contributed by atoms with van der Waals surface area (Å²) in [5, 5.41) is 3.15. The predicted octanol–water partition coefficient (Wildman–Crippen LogP) is 3.72. The van der Waals surface area contributed by atoms with E-state index in [9.17, 15) is 9.59 Å². The van der Waals surface area contributed by atoms with Gasteiger partial charge >= 0.3 is 0 Å². The van der Waals surface area contributed by atoms with Crippen LogP contribution in [-0.4, -0.2) is 57.3 Å². The SMILES string of the molecule is COCCCN1C(=O)C(Nc2ccc(OC(C)C)cc2)=C(c2ccc(OC)c(OC)c2)C1=O. The Morgan fingerprint density at radius 1 is 0.909 bits per heavy atom. The van der Waals surface area contributed by atoms with E-state index < -0.39 is 0 Å². The van der Waals surface area contributed by atoms with Crippen molar-refractivity contribution in [3.63, 3.8) is 0 Å². The van der Waals surface area contributed by atoms with Crippen molar-refractivity contribution in [1.82, 2.24) is 4.90 Å². The maximum Gasteiger partial charge on any atom is 0.278 e. The van der Waals surface area contributed by atoms with E-state index in [-0.39, 0.29) is 35.7 Å². The number of carbonyl (C=O) groups excluding carboxylic acids is 2. The average molecular weight is 455 g/mol. The Morgan fingerprint density at radius 2 is 1.61 bits per heavy atom. The van der Waals surface area contributed by atoms with Crippen molar-refractivity contribution in [1.29, 1.82) is 0 Å². The molecule has 0 saturated heterocycles. The van der Waals surface area contributed by atoms with E-state index in [1.807, 2.05) is 38.1 Å². The third-order valence-corrected chi connectivity index (χ3v) is 5.07. The Labute approximate surface area is 194 Å². The first-order chi connectivity index (χ1) is 15.9. The first kappa shape index (κ1) is 24.1. The number of methoxy groups -OCH3 is 3. The van der Waals surface area contributed by atoms with Crippen LogP contribution in [-0.2, 0) is 14.3 Å². The van der Waals surface area contributed by atoms with Gasteiger partial charge in [0, 0.05) is 25.9 Å². The number of hydrogen-bond donors (Lipinski definition) is 1. The number of carbonyl (C=O) groups is 2. The molecule has 0 atom stereocenters. The van der Waals surface area contributed by atoms with Gasteiger partial charge in [-0.25, -0.2) is 0 Å². The number of imide groups is 1. The molecule has 0 radical (unpaired) electrons. The van der Waals surface area contributed by atoms with Crippen LogP contribution in [0.1, 0.15) is 25.8 Å². The predicted molar refractivity (Wildman–Crippen MR) is 126 cm³/mol. The molecule has 8 heteroatoms. The molecule has 0 saturated carbocycles. The smallest absolute Gasteiger partial charge is 0.278 e. The molecule has 176 valence electrons. The lowest BCUT2D eigenvalue weighted by molar-refractivity contribution is -0.136. The number of amides is 2. The van der Waals surface area contributed by atoms with E-state index in [1.165, 1.54) is 19.1 Å². The first-order valence-corrected chi connectivity index (χ1v) is 10.7. The minimum Gasteiger partial charge on any atom is -0.493 e. The van der Waals surface area contributed by atoms with Crippen LogP contribution in [0.5, 0.6) is 17.2 Å². The van der Waals surface area contributed by atoms with Crippen molar-refractivity contribution in [2.45, 2.75) is 26.4 Å². The fourth-order valence-corrected chi connectivity index (χ4v) is 3.55. The highest BCUT2D eigenvalue weighted by Gasteiger charge is 2.39. The van der Waals surface area contributed by atoms with E-state index in [0.29, 0.717) is 35.8 Å². The van der Waals surface area contributed by atoms with Gasteiger partial charge in [-0.3, -0.25) is 14.5 Å². The molecule has 33 heavy (non-hydrogen) atoms. The Hall–Kier alpha value is -3.52. The van der Waals surface area contributed by atoms with E-state index >= 15 is 0 Å². The lowest BCUT2D eigenvalue weighted by Gasteiger charge is -2.15. The van der Waals surface area contributed by atoms with E-state index in [2.05, 4.69) is 5.32 Å². The standard InChI is InChI=1S/C25H30N2O6/c1-16(2)33-19-10-8-18(9-11-19)26-23-22(17-7-12-20(31-4)21(15-17)32-5)24(28)27(25(23)29)13-6-14-30-3/h7-12,15-16,26H,6,13-14H2,1-5H3. The number of ether oxygens (including phenoxy) is 4. The molecule has 0 aromatic heterocycles. The van der Waals surface area contributed by atoms with Crippen molar-refractivity contribution < 1.29 is 28.5 Å². The Balaban J connectivity index is 1.99. The second-order valence-corrected chi connectivity index (χ2v) is 7.74. The lowest BCUT2D eigenvalue weighted by Crippen LogP contribution is -2.33. The van der Waals surface area contributed by atoms with Crippen LogP contribution in [0, 0.1) is 0 Å². The monoisotopic (exact) mass is 454 g/mol. The Kier molecular flexibility index (Phi) is 7.95. The summed E-state index contributed by atoms with van der Waals surface area (Å²) in [5.41, 5.74) is 1.71. The van der Waals surface area contributed by atoms with Crippen molar-refractivity contribution >= 4 is 23.1 Å². The fraction of sp³-hybridized carbons (Fsp3) is 0.360. The molecule has 0 bridgehead atoms. The molecule has 0 unspecified atom stereocenters. The molecule has 1 aliphatic rings. The van der Waals surface area contributed by atoms with Gasteiger partial charge in [-0.15, -0.1) is 0 Å². The maximum absolute atomic E-state index is 13.3. The van der Waals surface area contributed by atoms with Crippen molar-refractivity contribution in [3.8, 4) is 17.2 Å². The van der Waals surface area contributed by atoms with Crippen LogP contribution in [0.2, 0.25) is 0 Å². The minimum absolute atomic E-state index is 0.0536. The van der Waals surface area contributed by atoms with Gasteiger partial charge in [-0.2, -0.15) is 0 Å². The number of nitrogens with one attached hydrogen (secondary N) is 1. The number of nitrogens with zero attached hydrogens (tertiary/aromatic N) is 1. The highest BCUT2D eigenvalue weighted by molar-refractivity contribution is 6.36. The van der Waals surface area contributed by atoms with Crippen LogP contribution in [0.15, 0.2) is 48.2 Å². The molecular weight excluding hydrogens is 424 g/mol. The summed E-state index contributed by atoms with van der Waals surface area (Å²) >= 11 is 0. The van der Waals surface area contributed by atoms with Crippen LogP contribution in [0.3, 0.4) is 0 Å². The van der Waals surface area contributed by atoms with Gasteiger partial charge in [0.05, 0.1) is 25.9 Å².